The van der Waals surface area contributed by atoms with Crippen LogP contribution in [0.5, 0.6) is 11.5 Å². The molecule has 6 nitrogen and oxygen atoms in total. The maximum absolute atomic E-state index is 12.7. The maximum atomic E-state index is 12.7. The van der Waals surface area contributed by atoms with Gasteiger partial charge in [-0.1, -0.05) is 30.3 Å². The van der Waals surface area contributed by atoms with Crippen LogP contribution in [0.1, 0.15) is 28.8 Å². The predicted octanol–water partition coefficient (Wildman–Crippen LogP) is 4.08. The smallest absolute Gasteiger partial charge is 0.341 e. The summed E-state index contributed by atoms with van der Waals surface area (Å²) >= 11 is 0. The number of hydrogen-bond donors (Lipinski definition) is 2. The van der Waals surface area contributed by atoms with E-state index in [-0.39, 0.29) is 22.9 Å². The van der Waals surface area contributed by atoms with Crippen LogP contribution >= 0.6 is 0 Å². The number of rotatable bonds is 5. The van der Waals surface area contributed by atoms with Crippen LogP contribution in [0.25, 0.3) is 10.8 Å². The molecule has 0 aliphatic heterocycles. The highest BCUT2D eigenvalue weighted by Crippen LogP contribution is 2.30. The van der Waals surface area contributed by atoms with Gasteiger partial charge in [-0.25, -0.2) is 4.79 Å². The molecule has 0 heterocycles. The molecule has 0 aromatic heterocycles. The van der Waals surface area contributed by atoms with Crippen molar-refractivity contribution >= 4 is 28.3 Å². The number of amides is 1. The zero-order valence-corrected chi connectivity index (χ0v) is 15.9. The molecule has 28 heavy (non-hydrogen) atoms. The summed E-state index contributed by atoms with van der Waals surface area (Å²) in [5.74, 6) is -0.989. The highest BCUT2D eigenvalue weighted by Gasteiger charge is 2.20. The number of carbonyl (C=O) groups excluding carboxylic acids is 2. The Morgan fingerprint density at radius 2 is 1.71 bits per heavy atom. The summed E-state index contributed by atoms with van der Waals surface area (Å²) in [6, 6.07) is 16.0. The molecule has 3 aromatic rings. The summed E-state index contributed by atoms with van der Waals surface area (Å²) in [4.78, 5) is 24.4. The third kappa shape index (κ3) is 3.76. The Bertz CT molecular complexity index is 1040. The summed E-state index contributed by atoms with van der Waals surface area (Å²) in [6.45, 7) is 1.78. The van der Waals surface area contributed by atoms with Crippen molar-refractivity contribution in [3.63, 3.8) is 0 Å². The molecule has 0 aliphatic rings. The number of benzene rings is 3. The summed E-state index contributed by atoms with van der Waals surface area (Å²) in [7, 11) is 2.84. The van der Waals surface area contributed by atoms with Crippen LogP contribution in [0.3, 0.4) is 0 Å². The van der Waals surface area contributed by atoms with Crippen LogP contribution in [-0.4, -0.2) is 31.2 Å². The highest BCUT2D eigenvalue weighted by molar-refractivity contribution is 6.01. The number of esters is 1. The maximum Gasteiger partial charge on any atom is 0.341 e. The van der Waals surface area contributed by atoms with Crippen molar-refractivity contribution in [3.8, 4) is 11.5 Å². The number of phenols is 1. The second kappa shape index (κ2) is 8.00. The zero-order valence-electron chi connectivity index (χ0n) is 15.9. The third-order valence-electron chi connectivity index (χ3n) is 4.66. The number of para-hydroxylation sites is 1. The molecule has 0 bridgehead atoms. The Morgan fingerprint density at radius 3 is 2.43 bits per heavy atom. The number of aromatic hydroxyl groups is 1. The summed E-state index contributed by atoms with van der Waals surface area (Å²) in [5, 5.41) is 14.9. The third-order valence-corrected chi connectivity index (χ3v) is 4.66. The van der Waals surface area contributed by atoms with Gasteiger partial charge in [0.1, 0.15) is 11.3 Å². The van der Waals surface area contributed by atoms with Crippen molar-refractivity contribution in [2.75, 3.05) is 19.5 Å². The van der Waals surface area contributed by atoms with E-state index >= 15 is 0 Å². The standard InChI is InChI=1S/C22H21NO5/c1-13(14-7-8-16-12-17(27-2)10-9-15(16)11-14)21(25)23-19-6-4-5-18(20(19)24)22(26)28-3/h4-13,24H,1-3H3,(H,23,25)/t13-/m0/s1. The fourth-order valence-electron chi connectivity index (χ4n) is 2.95. The largest absolute Gasteiger partial charge is 0.505 e. The molecule has 0 aliphatic carbocycles. The number of fused-ring (bicyclic) bond motifs is 1. The summed E-state index contributed by atoms with van der Waals surface area (Å²) in [5.41, 5.74) is 0.983. The number of nitrogens with one attached hydrogen (secondary N) is 1. The van der Waals surface area contributed by atoms with Gasteiger partial charge in [0.2, 0.25) is 5.91 Å². The van der Waals surface area contributed by atoms with Crippen molar-refractivity contribution in [1.82, 2.24) is 0 Å². The quantitative estimate of drug-likeness (QED) is 0.515. The van der Waals surface area contributed by atoms with E-state index in [9.17, 15) is 14.7 Å². The fourth-order valence-corrected chi connectivity index (χ4v) is 2.95. The van der Waals surface area contributed by atoms with Gasteiger partial charge in [0.15, 0.2) is 5.75 Å². The van der Waals surface area contributed by atoms with Crippen LogP contribution in [0.4, 0.5) is 5.69 Å². The molecule has 0 unspecified atom stereocenters. The lowest BCUT2D eigenvalue weighted by molar-refractivity contribution is -0.117. The number of phenolic OH excluding ortho intramolecular Hbond substituents is 1. The van der Waals surface area contributed by atoms with E-state index in [0.29, 0.717) is 0 Å². The number of carbonyl (C=O) groups is 2. The van der Waals surface area contributed by atoms with Crippen LogP contribution in [0.2, 0.25) is 0 Å². The molecule has 0 fully saturated rings. The lowest BCUT2D eigenvalue weighted by atomic mass is 9.97. The number of methoxy groups -OCH3 is 2. The first-order chi connectivity index (χ1) is 13.4. The molecule has 1 atom stereocenters. The summed E-state index contributed by atoms with van der Waals surface area (Å²) in [6.07, 6.45) is 0. The van der Waals surface area contributed by atoms with E-state index in [0.717, 1.165) is 22.1 Å². The van der Waals surface area contributed by atoms with E-state index in [1.54, 1.807) is 20.1 Å². The molecule has 2 N–H and O–H groups in total. The monoisotopic (exact) mass is 379 g/mol. The first-order valence-electron chi connectivity index (χ1n) is 8.73. The minimum Gasteiger partial charge on any atom is -0.505 e. The highest BCUT2D eigenvalue weighted by atomic mass is 16.5. The summed E-state index contributed by atoms with van der Waals surface area (Å²) < 4.78 is 9.86. The van der Waals surface area contributed by atoms with E-state index in [2.05, 4.69) is 10.1 Å². The molecular formula is C22H21NO5. The van der Waals surface area contributed by atoms with Crippen LogP contribution in [0, 0.1) is 0 Å². The topological polar surface area (TPSA) is 84.9 Å². The van der Waals surface area contributed by atoms with Gasteiger partial charge in [-0.15, -0.1) is 0 Å². The van der Waals surface area contributed by atoms with Gasteiger partial charge < -0.3 is 19.9 Å². The lowest BCUT2D eigenvalue weighted by Crippen LogP contribution is -2.19. The van der Waals surface area contributed by atoms with Crippen molar-refractivity contribution in [1.29, 1.82) is 0 Å². The second-order valence-electron chi connectivity index (χ2n) is 6.38. The van der Waals surface area contributed by atoms with Crippen LogP contribution in [0.15, 0.2) is 54.6 Å². The molecular weight excluding hydrogens is 358 g/mol. The van der Waals surface area contributed by atoms with Gasteiger partial charge in [0.25, 0.3) is 0 Å². The number of ether oxygens (including phenoxy) is 2. The van der Waals surface area contributed by atoms with Crippen molar-refractivity contribution in [2.45, 2.75) is 12.8 Å². The normalized spacial score (nSPS) is 11.7. The van der Waals surface area contributed by atoms with Crippen LogP contribution in [-0.2, 0) is 9.53 Å². The van der Waals surface area contributed by atoms with Gasteiger partial charge in [-0.3, -0.25) is 4.79 Å². The van der Waals surface area contributed by atoms with Gasteiger partial charge in [-0.05, 0) is 47.5 Å². The molecule has 0 saturated heterocycles. The molecule has 0 saturated carbocycles. The van der Waals surface area contributed by atoms with E-state index in [1.807, 2.05) is 36.4 Å². The van der Waals surface area contributed by atoms with Crippen LogP contribution < -0.4 is 10.1 Å². The molecule has 3 aromatic carbocycles. The first kappa shape index (κ1) is 19.2. The molecule has 1 amide bonds. The minimum atomic E-state index is -0.674. The molecule has 6 heteroatoms. The predicted molar refractivity (Wildman–Crippen MR) is 107 cm³/mol. The average Bonchev–Trinajstić information content (AvgIpc) is 2.73. The average molecular weight is 379 g/mol. The fraction of sp³-hybridized carbons (Fsp3) is 0.182. The van der Waals surface area contributed by atoms with E-state index in [1.165, 1.54) is 19.2 Å². The zero-order chi connectivity index (χ0) is 20.3. The van der Waals surface area contributed by atoms with Gasteiger partial charge in [-0.2, -0.15) is 0 Å². The van der Waals surface area contributed by atoms with E-state index in [4.69, 9.17) is 4.74 Å². The molecule has 0 spiro atoms. The molecule has 0 radical (unpaired) electrons. The van der Waals surface area contributed by atoms with Gasteiger partial charge in [0.05, 0.1) is 25.8 Å². The van der Waals surface area contributed by atoms with Crippen molar-refractivity contribution < 1.29 is 24.2 Å². The number of hydrogen-bond acceptors (Lipinski definition) is 5. The Hall–Kier alpha value is -3.54. The Kier molecular flexibility index (Phi) is 5.49. The minimum absolute atomic E-state index is 0.00685. The Morgan fingerprint density at radius 1 is 1.00 bits per heavy atom. The van der Waals surface area contributed by atoms with E-state index < -0.39 is 11.9 Å². The molecule has 3 rings (SSSR count). The first-order valence-corrected chi connectivity index (χ1v) is 8.73. The SMILES string of the molecule is COC(=O)c1cccc(NC(=O)[C@@H](C)c2ccc3cc(OC)ccc3c2)c1O. The second-order valence-corrected chi connectivity index (χ2v) is 6.38. The molecule has 144 valence electrons. The van der Waals surface area contributed by atoms with Gasteiger partial charge in [0, 0.05) is 0 Å². The lowest BCUT2D eigenvalue weighted by Gasteiger charge is -2.15. The van der Waals surface area contributed by atoms with Gasteiger partial charge >= 0.3 is 5.97 Å². The Balaban J connectivity index is 1.83. The Labute approximate surface area is 162 Å². The number of anilines is 1. The van der Waals surface area contributed by atoms with Crippen molar-refractivity contribution in [3.05, 3.63) is 65.7 Å². The van der Waals surface area contributed by atoms with Crippen molar-refractivity contribution in [2.24, 2.45) is 0 Å².